The minimum absolute atomic E-state index is 0.0000207. The molecule has 2 rings (SSSR count). The molecule has 6 heteroatoms. The Hall–Kier alpha value is -3.02. The van der Waals surface area contributed by atoms with Gasteiger partial charge in [0.15, 0.2) is 6.61 Å². The van der Waals surface area contributed by atoms with Crippen molar-refractivity contribution in [2.75, 3.05) is 25.7 Å². The van der Waals surface area contributed by atoms with Crippen molar-refractivity contribution in [3.8, 4) is 11.5 Å². The van der Waals surface area contributed by atoms with E-state index in [0.717, 1.165) is 17.0 Å². The molecule has 0 radical (unpaired) electrons. The van der Waals surface area contributed by atoms with E-state index in [1.165, 1.54) is 0 Å². The summed E-state index contributed by atoms with van der Waals surface area (Å²) in [6.45, 7) is 1.50. The number of amides is 1. The third kappa shape index (κ3) is 5.24. The standard InChI is InChI=1S/C20H23NO5/c1-14(12-15-4-8-17(25-3)9-5-15)20(24)21(2)16-6-10-18(11-7-16)26-13-19(22)23/h4-11,14H,12-13H2,1-3H3,(H,22,23). The molecule has 0 bridgehead atoms. The number of benzene rings is 2. The second-order valence-corrected chi connectivity index (χ2v) is 6.03. The van der Waals surface area contributed by atoms with Gasteiger partial charge in [0.2, 0.25) is 5.91 Å². The molecule has 2 aromatic rings. The first-order valence-corrected chi connectivity index (χ1v) is 8.26. The number of hydrogen-bond acceptors (Lipinski definition) is 4. The van der Waals surface area contributed by atoms with Gasteiger partial charge in [0.05, 0.1) is 7.11 Å². The zero-order chi connectivity index (χ0) is 19.1. The Labute approximate surface area is 153 Å². The molecule has 26 heavy (non-hydrogen) atoms. The first-order chi connectivity index (χ1) is 12.4. The molecular formula is C20H23NO5. The van der Waals surface area contributed by atoms with Gasteiger partial charge in [-0.25, -0.2) is 4.79 Å². The highest BCUT2D eigenvalue weighted by Gasteiger charge is 2.19. The van der Waals surface area contributed by atoms with Gasteiger partial charge in [-0.3, -0.25) is 4.79 Å². The summed E-state index contributed by atoms with van der Waals surface area (Å²) in [5.74, 6) is 0.0171. The molecule has 0 fully saturated rings. The lowest BCUT2D eigenvalue weighted by molar-refractivity contribution is -0.139. The monoisotopic (exact) mass is 357 g/mol. The quantitative estimate of drug-likeness (QED) is 0.786. The molecule has 6 nitrogen and oxygen atoms in total. The summed E-state index contributed by atoms with van der Waals surface area (Å²) in [5, 5.41) is 8.62. The number of aliphatic carboxylic acids is 1. The first-order valence-electron chi connectivity index (χ1n) is 8.26. The third-order valence-electron chi connectivity index (χ3n) is 4.04. The Balaban J connectivity index is 1.97. The molecule has 0 spiro atoms. The van der Waals surface area contributed by atoms with Gasteiger partial charge >= 0.3 is 5.97 Å². The molecule has 1 N–H and O–H groups in total. The maximum atomic E-state index is 12.7. The van der Waals surface area contributed by atoms with E-state index in [1.807, 2.05) is 31.2 Å². The fourth-order valence-electron chi connectivity index (χ4n) is 2.57. The van der Waals surface area contributed by atoms with E-state index in [4.69, 9.17) is 14.6 Å². The van der Waals surface area contributed by atoms with E-state index in [2.05, 4.69) is 0 Å². The van der Waals surface area contributed by atoms with E-state index < -0.39 is 12.6 Å². The van der Waals surface area contributed by atoms with E-state index >= 15 is 0 Å². The first kappa shape index (κ1) is 19.3. The summed E-state index contributed by atoms with van der Waals surface area (Å²) >= 11 is 0. The van der Waals surface area contributed by atoms with Crippen LogP contribution in [0.15, 0.2) is 48.5 Å². The van der Waals surface area contributed by atoms with Gasteiger partial charge in [0.1, 0.15) is 11.5 Å². The van der Waals surface area contributed by atoms with Crippen molar-refractivity contribution in [2.45, 2.75) is 13.3 Å². The van der Waals surface area contributed by atoms with Crippen molar-refractivity contribution in [3.05, 3.63) is 54.1 Å². The smallest absolute Gasteiger partial charge is 0.341 e. The minimum atomic E-state index is -1.03. The Kier molecular flexibility index (Phi) is 6.60. The second-order valence-electron chi connectivity index (χ2n) is 6.03. The van der Waals surface area contributed by atoms with Crippen LogP contribution in [0, 0.1) is 5.92 Å². The SMILES string of the molecule is COc1ccc(CC(C)C(=O)N(C)c2ccc(OCC(=O)O)cc2)cc1. The largest absolute Gasteiger partial charge is 0.497 e. The number of carbonyl (C=O) groups excluding carboxylic acids is 1. The fraction of sp³-hybridized carbons (Fsp3) is 0.300. The lowest BCUT2D eigenvalue weighted by atomic mass is 9.99. The molecule has 138 valence electrons. The Morgan fingerprint density at radius 1 is 1.04 bits per heavy atom. The summed E-state index contributed by atoms with van der Waals surface area (Å²) in [7, 11) is 3.34. The third-order valence-corrected chi connectivity index (χ3v) is 4.04. The van der Waals surface area contributed by atoms with Crippen molar-refractivity contribution < 1.29 is 24.2 Å². The Morgan fingerprint density at radius 2 is 1.62 bits per heavy atom. The number of carboxylic acids is 1. The zero-order valence-electron chi connectivity index (χ0n) is 15.1. The minimum Gasteiger partial charge on any atom is -0.497 e. The number of rotatable bonds is 8. The number of carboxylic acid groups (broad SMARTS) is 1. The number of methoxy groups -OCH3 is 1. The molecule has 1 amide bonds. The van der Waals surface area contributed by atoms with E-state index in [-0.39, 0.29) is 11.8 Å². The van der Waals surface area contributed by atoms with Crippen molar-refractivity contribution in [1.29, 1.82) is 0 Å². The number of nitrogens with zero attached hydrogens (tertiary/aromatic N) is 1. The van der Waals surface area contributed by atoms with Crippen LogP contribution < -0.4 is 14.4 Å². The normalized spacial score (nSPS) is 11.5. The van der Waals surface area contributed by atoms with Crippen molar-refractivity contribution >= 4 is 17.6 Å². The van der Waals surface area contributed by atoms with Gasteiger partial charge in [0.25, 0.3) is 0 Å². The van der Waals surface area contributed by atoms with Crippen LogP contribution in [0.1, 0.15) is 12.5 Å². The Bertz CT molecular complexity index is 740. The van der Waals surface area contributed by atoms with Gasteiger partial charge in [0, 0.05) is 18.7 Å². The highest BCUT2D eigenvalue weighted by atomic mass is 16.5. The van der Waals surface area contributed by atoms with Crippen LogP contribution >= 0.6 is 0 Å². The highest BCUT2D eigenvalue weighted by molar-refractivity contribution is 5.94. The van der Waals surface area contributed by atoms with Gasteiger partial charge < -0.3 is 19.5 Å². The molecule has 0 aliphatic carbocycles. The van der Waals surface area contributed by atoms with E-state index in [9.17, 15) is 9.59 Å². The predicted octanol–water partition coefficient (Wildman–Crippen LogP) is 3.00. The predicted molar refractivity (Wildman–Crippen MR) is 98.8 cm³/mol. The van der Waals surface area contributed by atoms with E-state index in [1.54, 1.807) is 43.3 Å². The summed E-state index contributed by atoms with van der Waals surface area (Å²) < 4.78 is 10.2. The Morgan fingerprint density at radius 3 is 2.15 bits per heavy atom. The van der Waals surface area contributed by atoms with Gasteiger partial charge in [-0.2, -0.15) is 0 Å². The van der Waals surface area contributed by atoms with Gasteiger partial charge in [-0.15, -0.1) is 0 Å². The topological polar surface area (TPSA) is 76.1 Å². The van der Waals surface area contributed by atoms with Crippen LogP contribution in [0.4, 0.5) is 5.69 Å². The number of hydrogen-bond donors (Lipinski definition) is 1. The lowest BCUT2D eigenvalue weighted by Gasteiger charge is -2.22. The van der Waals surface area contributed by atoms with Crippen LogP contribution in [0.3, 0.4) is 0 Å². The molecule has 0 aliphatic rings. The maximum absolute atomic E-state index is 12.7. The van der Waals surface area contributed by atoms with Crippen LogP contribution in [0.25, 0.3) is 0 Å². The molecule has 1 unspecified atom stereocenters. The summed E-state index contributed by atoms with van der Waals surface area (Å²) in [6.07, 6.45) is 0.632. The van der Waals surface area contributed by atoms with Crippen LogP contribution in [-0.2, 0) is 16.0 Å². The molecule has 2 aromatic carbocycles. The second kappa shape index (κ2) is 8.89. The van der Waals surface area contributed by atoms with Crippen LogP contribution in [-0.4, -0.2) is 37.7 Å². The van der Waals surface area contributed by atoms with E-state index in [0.29, 0.717) is 12.2 Å². The van der Waals surface area contributed by atoms with Crippen molar-refractivity contribution in [1.82, 2.24) is 0 Å². The molecule has 0 saturated heterocycles. The maximum Gasteiger partial charge on any atom is 0.341 e. The average Bonchev–Trinajstić information content (AvgIpc) is 2.66. The number of ether oxygens (including phenoxy) is 2. The molecule has 0 aromatic heterocycles. The fourth-order valence-corrected chi connectivity index (χ4v) is 2.57. The van der Waals surface area contributed by atoms with Crippen molar-refractivity contribution in [2.24, 2.45) is 5.92 Å². The molecule has 0 heterocycles. The zero-order valence-corrected chi connectivity index (χ0v) is 15.1. The summed E-state index contributed by atoms with van der Waals surface area (Å²) in [5.41, 5.74) is 1.79. The number of carbonyl (C=O) groups is 2. The van der Waals surface area contributed by atoms with Gasteiger partial charge in [-0.05, 0) is 48.4 Å². The molecule has 1 atom stereocenters. The molecular weight excluding hydrogens is 334 g/mol. The van der Waals surface area contributed by atoms with Crippen LogP contribution in [0.2, 0.25) is 0 Å². The van der Waals surface area contributed by atoms with Gasteiger partial charge in [-0.1, -0.05) is 19.1 Å². The number of anilines is 1. The molecule has 0 saturated carbocycles. The lowest BCUT2D eigenvalue weighted by Crippen LogP contribution is -2.32. The highest BCUT2D eigenvalue weighted by Crippen LogP contribution is 2.21. The summed E-state index contributed by atoms with van der Waals surface area (Å²) in [4.78, 5) is 24.8. The molecule has 0 aliphatic heterocycles. The average molecular weight is 357 g/mol. The van der Waals surface area contributed by atoms with Crippen LogP contribution in [0.5, 0.6) is 11.5 Å². The summed E-state index contributed by atoms with van der Waals surface area (Å²) in [6, 6.07) is 14.4. The van der Waals surface area contributed by atoms with Crippen molar-refractivity contribution in [3.63, 3.8) is 0 Å².